The number of nitrogens with one attached hydrogen (secondary N) is 1. The van der Waals surface area contributed by atoms with Crippen molar-refractivity contribution in [3.63, 3.8) is 0 Å². The van der Waals surface area contributed by atoms with Crippen LogP contribution in [0, 0.1) is 5.92 Å². The van der Waals surface area contributed by atoms with Gasteiger partial charge in [-0.15, -0.1) is 0 Å². The van der Waals surface area contributed by atoms with Gasteiger partial charge in [0.1, 0.15) is 11.5 Å². The average Bonchev–Trinajstić information content (AvgIpc) is 2.59. The van der Waals surface area contributed by atoms with Crippen LogP contribution in [0.15, 0.2) is 24.4 Å². The largest absolute Gasteiger partial charge is 0.493 e. The Kier molecular flexibility index (Phi) is 5.38. The third-order valence-electron chi connectivity index (χ3n) is 4.36. The lowest BCUT2D eigenvalue weighted by Crippen LogP contribution is -2.30. The highest BCUT2D eigenvalue weighted by molar-refractivity contribution is 6.01. The number of fused-ring (bicyclic) bond motifs is 1. The van der Waals surface area contributed by atoms with Crippen molar-refractivity contribution in [2.24, 2.45) is 11.7 Å². The number of carbonyl (C=O) groups excluding carboxylic acids is 1. The Balaban J connectivity index is 1.91. The maximum absolute atomic E-state index is 11.7. The topological polar surface area (TPSA) is 86.5 Å². The van der Waals surface area contributed by atoms with Crippen LogP contribution in [0.2, 0.25) is 0 Å². The molecule has 1 aromatic carbocycles. The summed E-state index contributed by atoms with van der Waals surface area (Å²) >= 11 is 0. The van der Waals surface area contributed by atoms with Crippen LogP contribution in [0.5, 0.6) is 11.5 Å². The molecule has 0 atom stereocenters. The molecule has 134 valence electrons. The molecule has 1 aliphatic rings. The maximum atomic E-state index is 11.7. The highest BCUT2D eigenvalue weighted by Gasteiger charge is 2.17. The van der Waals surface area contributed by atoms with Gasteiger partial charge in [0.25, 0.3) is 5.91 Å². The van der Waals surface area contributed by atoms with Crippen LogP contribution in [-0.4, -0.2) is 36.7 Å². The summed E-state index contributed by atoms with van der Waals surface area (Å²) in [6.45, 7) is 6.58. The van der Waals surface area contributed by atoms with Crippen LogP contribution in [0.4, 0.5) is 0 Å². The van der Waals surface area contributed by atoms with Crippen LogP contribution < -0.4 is 20.5 Å². The number of amides is 1. The third kappa shape index (κ3) is 4.20. The predicted molar refractivity (Wildman–Crippen MR) is 97.1 cm³/mol. The summed E-state index contributed by atoms with van der Waals surface area (Å²) in [7, 11) is 0. The molecule has 1 aromatic heterocycles. The van der Waals surface area contributed by atoms with E-state index >= 15 is 0 Å². The highest BCUT2D eigenvalue weighted by Crippen LogP contribution is 2.32. The summed E-state index contributed by atoms with van der Waals surface area (Å²) in [5.74, 6) is 1.25. The van der Waals surface area contributed by atoms with Crippen LogP contribution in [0.3, 0.4) is 0 Å². The van der Waals surface area contributed by atoms with Gasteiger partial charge in [-0.05, 0) is 63.9 Å². The smallest absolute Gasteiger partial charge is 0.252 e. The number of pyridine rings is 1. The van der Waals surface area contributed by atoms with Gasteiger partial charge in [0.15, 0.2) is 0 Å². The van der Waals surface area contributed by atoms with E-state index in [9.17, 15) is 4.79 Å². The van der Waals surface area contributed by atoms with E-state index in [0.29, 0.717) is 29.4 Å². The maximum Gasteiger partial charge on any atom is 0.252 e. The number of carbonyl (C=O) groups is 1. The normalized spacial score (nSPS) is 15.5. The number of nitrogens with two attached hydrogens (primary N) is 1. The van der Waals surface area contributed by atoms with E-state index in [1.54, 1.807) is 18.3 Å². The number of primary amides is 1. The first-order chi connectivity index (χ1) is 12.0. The fourth-order valence-electron chi connectivity index (χ4n) is 3.07. The molecule has 0 unspecified atom stereocenters. The molecule has 2 aromatic rings. The molecule has 0 radical (unpaired) electrons. The molecule has 0 aliphatic carbocycles. The minimum Gasteiger partial charge on any atom is -0.493 e. The van der Waals surface area contributed by atoms with Crippen LogP contribution in [-0.2, 0) is 0 Å². The Bertz CT molecular complexity index is 755. The van der Waals surface area contributed by atoms with Crippen molar-refractivity contribution >= 4 is 16.8 Å². The molecule has 1 fully saturated rings. The first-order valence-corrected chi connectivity index (χ1v) is 8.77. The van der Waals surface area contributed by atoms with Gasteiger partial charge in [-0.25, -0.2) is 0 Å². The molecule has 3 rings (SSSR count). The Morgan fingerprint density at radius 2 is 2.08 bits per heavy atom. The summed E-state index contributed by atoms with van der Waals surface area (Å²) in [5, 5.41) is 4.19. The fourth-order valence-corrected chi connectivity index (χ4v) is 3.07. The van der Waals surface area contributed by atoms with Crippen molar-refractivity contribution in [2.45, 2.75) is 32.8 Å². The van der Waals surface area contributed by atoms with Gasteiger partial charge in [0, 0.05) is 11.6 Å². The molecule has 6 heteroatoms. The van der Waals surface area contributed by atoms with Crippen LogP contribution in [0.25, 0.3) is 10.9 Å². The lowest BCUT2D eigenvalue weighted by atomic mass is 9.99. The Hall–Kier alpha value is -2.34. The number of piperidine rings is 1. The molecule has 2 heterocycles. The number of rotatable bonds is 6. The molecular weight excluding hydrogens is 318 g/mol. The van der Waals surface area contributed by atoms with Crippen LogP contribution >= 0.6 is 0 Å². The molecule has 0 saturated carbocycles. The Morgan fingerprint density at radius 1 is 1.32 bits per heavy atom. The number of benzene rings is 1. The third-order valence-corrected chi connectivity index (χ3v) is 4.36. The molecule has 0 bridgehead atoms. The SMILES string of the molecule is CC(C)Oc1cc2c(OCC3CCNCC3)ccnc2cc1C(N)=O. The molecule has 1 amide bonds. The van der Waals surface area contributed by atoms with Crippen molar-refractivity contribution in [2.75, 3.05) is 19.7 Å². The van der Waals surface area contributed by atoms with E-state index in [1.165, 1.54) is 0 Å². The quantitative estimate of drug-likeness (QED) is 0.841. The van der Waals surface area contributed by atoms with Gasteiger partial charge < -0.3 is 20.5 Å². The summed E-state index contributed by atoms with van der Waals surface area (Å²) in [6.07, 6.45) is 3.87. The van der Waals surface area contributed by atoms with Crippen molar-refractivity contribution in [3.8, 4) is 11.5 Å². The summed E-state index contributed by atoms with van der Waals surface area (Å²) < 4.78 is 11.9. The van der Waals surface area contributed by atoms with Crippen molar-refractivity contribution < 1.29 is 14.3 Å². The predicted octanol–water partition coefficient (Wildman–Crippen LogP) is 2.50. The first-order valence-electron chi connectivity index (χ1n) is 8.77. The lowest BCUT2D eigenvalue weighted by molar-refractivity contribution is 0.0994. The fraction of sp³-hybridized carbons (Fsp3) is 0.474. The number of hydrogen-bond acceptors (Lipinski definition) is 5. The number of aromatic nitrogens is 1. The van der Waals surface area contributed by atoms with Gasteiger partial charge >= 0.3 is 0 Å². The number of hydrogen-bond donors (Lipinski definition) is 2. The van der Waals surface area contributed by atoms with Crippen molar-refractivity contribution in [1.29, 1.82) is 0 Å². The van der Waals surface area contributed by atoms with E-state index < -0.39 is 5.91 Å². The second kappa shape index (κ2) is 7.70. The number of nitrogens with zero attached hydrogens (tertiary/aromatic N) is 1. The van der Waals surface area contributed by atoms with E-state index in [2.05, 4.69) is 10.3 Å². The Morgan fingerprint density at radius 3 is 2.76 bits per heavy atom. The standard InChI is InChI=1S/C19H25N3O3/c1-12(2)25-18-10-14-16(9-15(18)19(20)23)22-8-5-17(14)24-11-13-3-6-21-7-4-13/h5,8-10,12-13,21H,3-4,6-7,11H2,1-2H3,(H2,20,23). The first kappa shape index (κ1) is 17.5. The van der Waals surface area contributed by atoms with Crippen molar-refractivity contribution in [3.05, 3.63) is 30.0 Å². The van der Waals surface area contributed by atoms with Gasteiger partial charge in [-0.3, -0.25) is 9.78 Å². The second-order valence-corrected chi connectivity index (χ2v) is 6.71. The van der Waals surface area contributed by atoms with Gasteiger partial charge in [-0.2, -0.15) is 0 Å². The van der Waals surface area contributed by atoms with Gasteiger partial charge in [0.05, 0.1) is 23.8 Å². The van der Waals surface area contributed by atoms with Gasteiger partial charge in [0.2, 0.25) is 0 Å². The van der Waals surface area contributed by atoms with E-state index in [1.807, 2.05) is 19.9 Å². The number of ether oxygens (including phenoxy) is 2. The van der Waals surface area contributed by atoms with Gasteiger partial charge in [-0.1, -0.05) is 0 Å². The molecule has 0 spiro atoms. The molecule has 6 nitrogen and oxygen atoms in total. The van der Waals surface area contributed by atoms with E-state index in [0.717, 1.165) is 37.1 Å². The zero-order valence-corrected chi connectivity index (χ0v) is 14.7. The Labute approximate surface area is 147 Å². The summed E-state index contributed by atoms with van der Waals surface area (Å²) in [6, 6.07) is 5.33. The van der Waals surface area contributed by atoms with Crippen molar-refractivity contribution in [1.82, 2.24) is 10.3 Å². The molecule has 3 N–H and O–H groups in total. The zero-order chi connectivity index (χ0) is 17.8. The molecular formula is C19H25N3O3. The summed E-state index contributed by atoms with van der Waals surface area (Å²) in [5.41, 5.74) is 6.50. The minimum absolute atomic E-state index is 0.0636. The average molecular weight is 343 g/mol. The minimum atomic E-state index is -0.527. The van der Waals surface area contributed by atoms with E-state index in [-0.39, 0.29) is 6.10 Å². The zero-order valence-electron chi connectivity index (χ0n) is 14.7. The molecule has 1 aliphatic heterocycles. The molecule has 25 heavy (non-hydrogen) atoms. The second-order valence-electron chi connectivity index (χ2n) is 6.71. The lowest BCUT2D eigenvalue weighted by Gasteiger charge is -2.23. The monoisotopic (exact) mass is 343 g/mol. The van der Waals surface area contributed by atoms with Crippen LogP contribution in [0.1, 0.15) is 37.0 Å². The highest BCUT2D eigenvalue weighted by atomic mass is 16.5. The molecule has 1 saturated heterocycles. The summed E-state index contributed by atoms with van der Waals surface area (Å²) in [4.78, 5) is 16.1. The van der Waals surface area contributed by atoms with E-state index in [4.69, 9.17) is 15.2 Å².